The van der Waals surface area contributed by atoms with Gasteiger partial charge in [-0.1, -0.05) is 12.1 Å². The topological polar surface area (TPSA) is 81.2 Å². The third-order valence-corrected chi connectivity index (χ3v) is 3.73. The van der Waals surface area contributed by atoms with Crippen molar-refractivity contribution < 1.29 is 4.92 Å². The molecular weight excluding hydrogens is 369 g/mol. The highest BCUT2D eigenvalue weighted by atomic mass is 127. The number of anilines is 2. The van der Waals surface area contributed by atoms with Gasteiger partial charge in [-0.25, -0.2) is 0 Å². The largest absolute Gasteiger partial charge is 0.399 e. The van der Waals surface area contributed by atoms with Crippen LogP contribution < -0.4 is 11.1 Å². The highest BCUT2D eigenvalue weighted by molar-refractivity contribution is 14.1. The number of rotatable bonds is 5. The van der Waals surface area contributed by atoms with Crippen LogP contribution in [0.3, 0.4) is 0 Å². The molecule has 0 saturated heterocycles. The number of nitrogens with one attached hydrogen (secondary N) is 1. The quantitative estimate of drug-likeness (QED) is 0.359. The minimum absolute atomic E-state index is 0.134. The standard InChI is InChI=1S/C14H14IN3O2/c15-13-9-12(5-6-14(13)18(19)20)17-8-7-10-1-3-11(16)4-2-10/h1-6,9,17H,7-8,16H2. The van der Waals surface area contributed by atoms with Crippen molar-refractivity contribution in [3.05, 3.63) is 61.7 Å². The number of hydrogen-bond acceptors (Lipinski definition) is 4. The minimum atomic E-state index is -0.375. The summed E-state index contributed by atoms with van der Waals surface area (Å²) in [6.07, 6.45) is 0.869. The zero-order chi connectivity index (χ0) is 14.5. The van der Waals surface area contributed by atoms with E-state index in [-0.39, 0.29) is 10.6 Å². The van der Waals surface area contributed by atoms with E-state index in [1.165, 1.54) is 11.6 Å². The molecule has 2 aromatic carbocycles. The summed E-state index contributed by atoms with van der Waals surface area (Å²) < 4.78 is 0.630. The molecule has 0 spiro atoms. The van der Waals surface area contributed by atoms with Crippen LogP contribution in [0.1, 0.15) is 5.56 Å². The lowest BCUT2D eigenvalue weighted by molar-refractivity contribution is -0.385. The molecule has 0 radical (unpaired) electrons. The molecule has 0 aliphatic carbocycles. The summed E-state index contributed by atoms with van der Waals surface area (Å²) >= 11 is 1.97. The molecular formula is C14H14IN3O2. The zero-order valence-electron chi connectivity index (χ0n) is 10.7. The van der Waals surface area contributed by atoms with Gasteiger partial charge in [0.15, 0.2) is 0 Å². The molecule has 0 aromatic heterocycles. The van der Waals surface area contributed by atoms with Gasteiger partial charge >= 0.3 is 0 Å². The fourth-order valence-electron chi connectivity index (χ4n) is 1.80. The van der Waals surface area contributed by atoms with Crippen LogP contribution in [-0.4, -0.2) is 11.5 Å². The van der Waals surface area contributed by atoms with Crippen LogP contribution >= 0.6 is 22.6 Å². The Labute approximate surface area is 130 Å². The summed E-state index contributed by atoms with van der Waals surface area (Å²) in [5, 5.41) is 14.0. The van der Waals surface area contributed by atoms with Crippen molar-refractivity contribution in [2.45, 2.75) is 6.42 Å². The van der Waals surface area contributed by atoms with E-state index < -0.39 is 0 Å². The van der Waals surface area contributed by atoms with E-state index in [1.54, 1.807) is 12.1 Å². The average Bonchev–Trinajstić information content (AvgIpc) is 2.41. The second-order valence-electron chi connectivity index (χ2n) is 4.34. The van der Waals surface area contributed by atoms with E-state index >= 15 is 0 Å². The summed E-state index contributed by atoms with van der Waals surface area (Å²) in [5.41, 5.74) is 8.60. The number of hydrogen-bond donors (Lipinski definition) is 2. The highest BCUT2D eigenvalue weighted by Crippen LogP contribution is 2.24. The van der Waals surface area contributed by atoms with Crippen molar-refractivity contribution >= 4 is 39.7 Å². The summed E-state index contributed by atoms with van der Waals surface area (Å²) in [7, 11) is 0. The predicted molar refractivity (Wildman–Crippen MR) is 88.9 cm³/mol. The van der Waals surface area contributed by atoms with Gasteiger partial charge in [0.05, 0.1) is 8.49 Å². The molecule has 104 valence electrons. The second-order valence-corrected chi connectivity index (χ2v) is 5.50. The Balaban J connectivity index is 1.92. The van der Waals surface area contributed by atoms with Gasteiger partial charge in [0.2, 0.25) is 0 Å². The van der Waals surface area contributed by atoms with Crippen molar-refractivity contribution in [2.75, 3.05) is 17.6 Å². The van der Waals surface area contributed by atoms with Crippen LogP contribution in [0.2, 0.25) is 0 Å². The Morgan fingerprint density at radius 2 is 1.90 bits per heavy atom. The van der Waals surface area contributed by atoms with Crippen LogP contribution in [0, 0.1) is 13.7 Å². The predicted octanol–water partition coefficient (Wildman–Crippen LogP) is 3.44. The van der Waals surface area contributed by atoms with Gasteiger partial charge in [0.1, 0.15) is 0 Å². The molecule has 0 unspecified atom stereocenters. The van der Waals surface area contributed by atoms with Crippen molar-refractivity contribution in [1.82, 2.24) is 0 Å². The van der Waals surface area contributed by atoms with Crippen molar-refractivity contribution in [3.8, 4) is 0 Å². The summed E-state index contributed by atoms with van der Waals surface area (Å²) in [4.78, 5) is 10.4. The highest BCUT2D eigenvalue weighted by Gasteiger charge is 2.11. The Morgan fingerprint density at radius 1 is 1.20 bits per heavy atom. The second kappa shape index (κ2) is 6.56. The number of nitro groups is 1. The molecule has 0 amide bonds. The van der Waals surface area contributed by atoms with E-state index in [4.69, 9.17) is 5.73 Å². The lowest BCUT2D eigenvalue weighted by Gasteiger charge is -2.07. The first kappa shape index (κ1) is 14.6. The lowest BCUT2D eigenvalue weighted by atomic mass is 10.1. The maximum absolute atomic E-state index is 10.7. The van der Waals surface area contributed by atoms with E-state index in [9.17, 15) is 10.1 Å². The Hall–Kier alpha value is -1.83. The van der Waals surface area contributed by atoms with Gasteiger partial charge in [0, 0.05) is 24.0 Å². The smallest absolute Gasteiger partial charge is 0.282 e. The maximum Gasteiger partial charge on any atom is 0.282 e. The van der Waals surface area contributed by atoms with Crippen LogP contribution in [0.5, 0.6) is 0 Å². The molecule has 2 rings (SSSR count). The van der Waals surface area contributed by atoms with E-state index in [0.717, 1.165) is 24.3 Å². The first-order valence-corrected chi connectivity index (χ1v) is 7.16. The van der Waals surface area contributed by atoms with Crippen molar-refractivity contribution in [1.29, 1.82) is 0 Å². The summed E-state index contributed by atoms with van der Waals surface area (Å²) in [6, 6.07) is 12.8. The van der Waals surface area contributed by atoms with Crippen LogP contribution in [0.15, 0.2) is 42.5 Å². The molecule has 6 heteroatoms. The molecule has 5 nitrogen and oxygen atoms in total. The molecule has 0 bridgehead atoms. The SMILES string of the molecule is Nc1ccc(CCNc2ccc([N+](=O)[O-])c(I)c2)cc1. The number of nitro benzene ring substituents is 1. The molecule has 3 N–H and O–H groups in total. The molecule has 0 saturated carbocycles. The number of nitrogen functional groups attached to an aromatic ring is 1. The average molecular weight is 383 g/mol. The Bertz CT molecular complexity index is 614. The molecule has 0 aliphatic rings. The third-order valence-electron chi connectivity index (χ3n) is 2.87. The number of nitrogens with zero attached hydrogens (tertiary/aromatic N) is 1. The van der Waals surface area contributed by atoms with Gasteiger partial charge in [-0.05, 0) is 58.8 Å². The van der Waals surface area contributed by atoms with Crippen molar-refractivity contribution in [2.24, 2.45) is 0 Å². The number of halogens is 1. The third kappa shape index (κ3) is 3.83. The van der Waals surface area contributed by atoms with E-state index in [1.807, 2.05) is 46.9 Å². The van der Waals surface area contributed by atoms with Gasteiger partial charge in [0.25, 0.3) is 5.69 Å². The first-order chi connectivity index (χ1) is 9.56. The fourth-order valence-corrected chi connectivity index (χ4v) is 2.51. The Morgan fingerprint density at radius 3 is 2.50 bits per heavy atom. The number of benzene rings is 2. The zero-order valence-corrected chi connectivity index (χ0v) is 12.8. The molecule has 2 aromatic rings. The molecule has 0 atom stereocenters. The molecule has 20 heavy (non-hydrogen) atoms. The van der Waals surface area contributed by atoms with Crippen molar-refractivity contribution in [3.63, 3.8) is 0 Å². The van der Waals surface area contributed by atoms with Gasteiger partial charge in [-0.15, -0.1) is 0 Å². The molecule has 0 heterocycles. The molecule has 0 aliphatic heterocycles. The van der Waals surface area contributed by atoms with Crippen LogP contribution in [0.4, 0.5) is 17.1 Å². The maximum atomic E-state index is 10.7. The Kier molecular flexibility index (Phi) is 4.78. The monoisotopic (exact) mass is 383 g/mol. The van der Waals surface area contributed by atoms with Crippen LogP contribution in [0.25, 0.3) is 0 Å². The van der Waals surface area contributed by atoms with Gasteiger partial charge in [-0.2, -0.15) is 0 Å². The fraction of sp³-hybridized carbons (Fsp3) is 0.143. The van der Waals surface area contributed by atoms with Gasteiger partial charge in [-0.3, -0.25) is 10.1 Å². The van der Waals surface area contributed by atoms with E-state index in [2.05, 4.69) is 5.32 Å². The normalized spacial score (nSPS) is 10.2. The first-order valence-electron chi connectivity index (χ1n) is 6.08. The lowest BCUT2D eigenvalue weighted by Crippen LogP contribution is -2.05. The van der Waals surface area contributed by atoms with Crippen LogP contribution in [-0.2, 0) is 6.42 Å². The van der Waals surface area contributed by atoms with Gasteiger partial charge < -0.3 is 11.1 Å². The number of nitrogens with two attached hydrogens (primary N) is 1. The summed E-state index contributed by atoms with van der Waals surface area (Å²) in [5.74, 6) is 0. The minimum Gasteiger partial charge on any atom is -0.399 e. The van der Waals surface area contributed by atoms with E-state index in [0.29, 0.717) is 3.57 Å². The summed E-state index contributed by atoms with van der Waals surface area (Å²) in [6.45, 7) is 0.762. The molecule has 0 fully saturated rings.